The van der Waals surface area contributed by atoms with Gasteiger partial charge in [-0.3, -0.25) is 19.3 Å². The molecular formula is C22H26N4O5S. The molecule has 0 fully saturated rings. The average Bonchev–Trinajstić information content (AvgIpc) is 3.02. The number of ether oxygens (including phenoxy) is 1. The van der Waals surface area contributed by atoms with Crippen molar-refractivity contribution in [2.24, 2.45) is 10.9 Å². The largest absolute Gasteiger partial charge is 0.494 e. The lowest BCUT2D eigenvalue weighted by molar-refractivity contribution is -0.125. The molecule has 0 saturated heterocycles. The summed E-state index contributed by atoms with van der Waals surface area (Å²) in [7, 11) is -3.70. The van der Waals surface area contributed by atoms with Gasteiger partial charge < -0.3 is 15.4 Å². The van der Waals surface area contributed by atoms with E-state index in [9.17, 15) is 18.0 Å². The van der Waals surface area contributed by atoms with Gasteiger partial charge >= 0.3 is 0 Å². The molecule has 1 heterocycles. The Labute approximate surface area is 187 Å². The fourth-order valence-corrected chi connectivity index (χ4v) is 4.40. The summed E-state index contributed by atoms with van der Waals surface area (Å²) in [5.41, 5.74) is 0.990. The first kappa shape index (κ1) is 23.3. The van der Waals surface area contributed by atoms with Crippen molar-refractivity contribution in [1.82, 2.24) is 10.0 Å². The Kier molecular flexibility index (Phi) is 7.14. The summed E-state index contributed by atoms with van der Waals surface area (Å²) < 4.78 is 32.3. The van der Waals surface area contributed by atoms with Crippen molar-refractivity contribution in [3.8, 4) is 5.75 Å². The average molecular weight is 459 g/mol. The molecule has 9 nitrogen and oxygen atoms in total. The number of anilines is 1. The molecule has 0 spiro atoms. The van der Waals surface area contributed by atoms with Crippen LogP contribution in [0.25, 0.3) is 0 Å². The summed E-state index contributed by atoms with van der Waals surface area (Å²) in [6.07, 6.45) is 0. The van der Waals surface area contributed by atoms with Crippen LogP contribution >= 0.6 is 0 Å². The Morgan fingerprint density at radius 1 is 1.09 bits per heavy atom. The van der Waals surface area contributed by atoms with Crippen molar-refractivity contribution >= 4 is 33.4 Å². The van der Waals surface area contributed by atoms with Gasteiger partial charge in [0.15, 0.2) is 0 Å². The van der Waals surface area contributed by atoms with Crippen molar-refractivity contribution in [3.63, 3.8) is 0 Å². The van der Waals surface area contributed by atoms with Crippen LogP contribution in [-0.4, -0.2) is 45.3 Å². The van der Waals surface area contributed by atoms with E-state index in [1.54, 1.807) is 56.3 Å². The SMILES string of the molecule is CCOc1ccc(NC(=O)CNC(=O)[C@@H](N=C2NS(=O)(=O)c3ccccc32)C(C)C)cc1. The summed E-state index contributed by atoms with van der Waals surface area (Å²) in [4.78, 5) is 29.4. The zero-order valence-electron chi connectivity index (χ0n) is 18.1. The van der Waals surface area contributed by atoms with Crippen molar-refractivity contribution in [2.45, 2.75) is 31.7 Å². The molecule has 0 unspecified atom stereocenters. The van der Waals surface area contributed by atoms with Gasteiger partial charge in [0, 0.05) is 11.3 Å². The predicted octanol–water partition coefficient (Wildman–Crippen LogP) is 1.90. The monoisotopic (exact) mass is 458 g/mol. The molecule has 1 atom stereocenters. The number of sulfonamides is 1. The van der Waals surface area contributed by atoms with Crippen molar-refractivity contribution in [2.75, 3.05) is 18.5 Å². The van der Waals surface area contributed by atoms with E-state index in [2.05, 4.69) is 20.3 Å². The molecule has 170 valence electrons. The van der Waals surface area contributed by atoms with E-state index in [4.69, 9.17) is 4.74 Å². The standard InChI is InChI=1S/C22H26N4O5S/c1-4-31-16-11-9-15(10-12-16)24-19(27)13-23-22(28)20(14(2)3)25-21-17-7-5-6-8-18(17)32(29,30)26-21/h5-12,14,20H,4,13H2,1-3H3,(H,23,28)(H,24,27)(H,25,26)/t20-/m0/s1. The third-order valence-corrected chi connectivity index (χ3v) is 6.10. The number of aliphatic imine (C=N–C) groups is 1. The van der Waals surface area contributed by atoms with Crippen LogP contribution in [0, 0.1) is 5.92 Å². The van der Waals surface area contributed by atoms with Crippen LogP contribution in [0.3, 0.4) is 0 Å². The third kappa shape index (κ3) is 5.44. The molecule has 0 saturated carbocycles. The van der Waals surface area contributed by atoms with Crippen LogP contribution < -0.4 is 20.1 Å². The van der Waals surface area contributed by atoms with Gasteiger partial charge in [0.2, 0.25) is 11.8 Å². The molecule has 0 aliphatic carbocycles. The number of hydrogen-bond acceptors (Lipinski definition) is 6. The van der Waals surface area contributed by atoms with Crippen LogP contribution in [0.5, 0.6) is 5.75 Å². The van der Waals surface area contributed by atoms with E-state index < -0.39 is 27.9 Å². The predicted molar refractivity (Wildman–Crippen MR) is 121 cm³/mol. The van der Waals surface area contributed by atoms with Crippen LogP contribution in [0.15, 0.2) is 58.4 Å². The highest BCUT2D eigenvalue weighted by atomic mass is 32.2. The highest BCUT2D eigenvalue weighted by molar-refractivity contribution is 7.90. The first-order chi connectivity index (χ1) is 15.2. The number of nitrogens with one attached hydrogen (secondary N) is 3. The van der Waals surface area contributed by atoms with Gasteiger partial charge in [-0.15, -0.1) is 0 Å². The van der Waals surface area contributed by atoms with Crippen molar-refractivity contribution in [3.05, 3.63) is 54.1 Å². The second kappa shape index (κ2) is 9.82. The van der Waals surface area contributed by atoms with E-state index >= 15 is 0 Å². The number of fused-ring (bicyclic) bond motifs is 1. The summed E-state index contributed by atoms with van der Waals surface area (Å²) >= 11 is 0. The van der Waals surface area contributed by atoms with E-state index in [0.29, 0.717) is 23.6 Å². The van der Waals surface area contributed by atoms with Crippen LogP contribution in [0.4, 0.5) is 5.69 Å². The smallest absolute Gasteiger partial charge is 0.263 e. The van der Waals surface area contributed by atoms with Crippen LogP contribution in [0.1, 0.15) is 26.3 Å². The number of carbonyl (C=O) groups is 2. The third-order valence-electron chi connectivity index (χ3n) is 4.70. The zero-order chi connectivity index (χ0) is 23.3. The maximum absolute atomic E-state index is 12.7. The van der Waals surface area contributed by atoms with E-state index in [0.717, 1.165) is 0 Å². The maximum atomic E-state index is 12.7. The van der Waals surface area contributed by atoms with Crippen LogP contribution in [0.2, 0.25) is 0 Å². The van der Waals surface area contributed by atoms with Crippen molar-refractivity contribution in [1.29, 1.82) is 0 Å². The van der Waals surface area contributed by atoms with Gasteiger partial charge in [0.25, 0.3) is 10.0 Å². The summed E-state index contributed by atoms with van der Waals surface area (Å²) in [6.45, 7) is 5.77. The van der Waals surface area contributed by atoms with Crippen molar-refractivity contribution < 1.29 is 22.7 Å². The molecule has 3 N–H and O–H groups in total. The topological polar surface area (TPSA) is 126 Å². The first-order valence-corrected chi connectivity index (χ1v) is 11.7. The minimum absolute atomic E-state index is 0.119. The number of hydrogen-bond donors (Lipinski definition) is 3. The quantitative estimate of drug-likeness (QED) is 0.557. The summed E-state index contributed by atoms with van der Waals surface area (Å²) in [6, 6.07) is 12.4. The van der Waals surface area contributed by atoms with Gasteiger partial charge in [-0.05, 0) is 49.2 Å². The molecule has 32 heavy (non-hydrogen) atoms. The second-order valence-electron chi connectivity index (χ2n) is 7.49. The van der Waals surface area contributed by atoms with Gasteiger partial charge in [0.1, 0.15) is 17.6 Å². The maximum Gasteiger partial charge on any atom is 0.263 e. The Bertz CT molecular complexity index is 1130. The van der Waals surface area contributed by atoms with Crippen LogP contribution in [-0.2, 0) is 19.6 Å². The number of rotatable bonds is 8. The molecule has 0 bridgehead atoms. The molecule has 2 aromatic rings. The number of amides is 2. The lowest BCUT2D eigenvalue weighted by Crippen LogP contribution is -2.41. The molecule has 0 aromatic heterocycles. The lowest BCUT2D eigenvalue weighted by atomic mass is 10.0. The summed E-state index contributed by atoms with van der Waals surface area (Å²) in [5.74, 6) is -0.286. The van der Waals surface area contributed by atoms with E-state index in [-0.39, 0.29) is 23.2 Å². The number of amidine groups is 1. The molecule has 2 amide bonds. The Balaban J connectivity index is 1.65. The highest BCUT2D eigenvalue weighted by Crippen LogP contribution is 2.23. The number of carbonyl (C=O) groups excluding carboxylic acids is 2. The Hall–Kier alpha value is -3.40. The summed E-state index contributed by atoms with van der Waals surface area (Å²) in [5, 5.41) is 5.27. The molecule has 0 radical (unpaired) electrons. The fourth-order valence-electron chi connectivity index (χ4n) is 3.16. The lowest BCUT2D eigenvalue weighted by Gasteiger charge is -2.17. The van der Waals surface area contributed by atoms with Gasteiger partial charge in [-0.1, -0.05) is 26.0 Å². The van der Waals surface area contributed by atoms with E-state index in [1.165, 1.54) is 6.07 Å². The number of nitrogens with zero attached hydrogens (tertiary/aromatic N) is 1. The highest BCUT2D eigenvalue weighted by Gasteiger charge is 2.32. The Morgan fingerprint density at radius 3 is 2.44 bits per heavy atom. The molecule has 1 aliphatic rings. The van der Waals surface area contributed by atoms with Gasteiger partial charge in [-0.25, -0.2) is 8.42 Å². The minimum Gasteiger partial charge on any atom is -0.494 e. The molecule has 2 aromatic carbocycles. The zero-order valence-corrected chi connectivity index (χ0v) is 18.9. The second-order valence-corrected chi connectivity index (χ2v) is 9.14. The van der Waals surface area contributed by atoms with Gasteiger partial charge in [-0.2, -0.15) is 0 Å². The fraction of sp³-hybridized carbons (Fsp3) is 0.318. The van der Waals surface area contributed by atoms with E-state index in [1.807, 2.05) is 6.92 Å². The first-order valence-electron chi connectivity index (χ1n) is 10.2. The minimum atomic E-state index is -3.70. The number of benzene rings is 2. The molecular weight excluding hydrogens is 432 g/mol. The normalized spacial score (nSPS) is 16.2. The Morgan fingerprint density at radius 2 is 1.78 bits per heavy atom. The molecule has 10 heteroatoms. The van der Waals surface area contributed by atoms with Gasteiger partial charge in [0.05, 0.1) is 18.0 Å². The molecule has 1 aliphatic heterocycles. The molecule has 3 rings (SSSR count).